The van der Waals surface area contributed by atoms with Crippen molar-refractivity contribution in [2.24, 2.45) is 0 Å². The smallest absolute Gasteiger partial charge is 0.336 e. The van der Waals surface area contributed by atoms with Gasteiger partial charge in [-0.2, -0.15) is 0 Å². The predicted molar refractivity (Wildman–Crippen MR) is 136 cm³/mol. The highest BCUT2D eigenvalue weighted by atomic mass is 16.7. The van der Waals surface area contributed by atoms with Crippen LogP contribution in [-0.2, 0) is 23.8 Å². The van der Waals surface area contributed by atoms with Crippen LogP contribution >= 0.6 is 0 Å². The van der Waals surface area contributed by atoms with E-state index in [0.29, 0.717) is 10.9 Å². The lowest BCUT2D eigenvalue weighted by Gasteiger charge is -2.47. The third-order valence-corrected chi connectivity index (χ3v) is 6.80. The normalized spacial score (nSPS) is 32.4. The first-order valence-corrected chi connectivity index (χ1v) is 12.8. The van der Waals surface area contributed by atoms with Crippen LogP contribution in [0.2, 0.25) is 0 Å². The summed E-state index contributed by atoms with van der Waals surface area (Å²) in [6.07, 6.45) is -8.68. The topological polar surface area (TPSA) is 206 Å². The molecule has 14 nitrogen and oxygen atoms in total. The Morgan fingerprint density at radius 1 is 1.00 bits per heavy atom. The van der Waals surface area contributed by atoms with Crippen LogP contribution in [0.3, 0.4) is 0 Å². The minimum Gasteiger partial charge on any atom is -0.462 e. The third kappa shape index (κ3) is 6.61. The largest absolute Gasteiger partial charge is 0.462 e. The number of aliphatic hydroxyl groups excluding tert-OH is 4. The van der Waals surface area contributed by atoms with Gasteiger partial charge in [0.15, 0.2) is 6.29 Å². The molecule has 2 saturated heterocycles. The number of carbonyl (C=O) groups is 2. The molecular formula is C26H34N2O12. The average Bonchev–Trinajstić information content (AvgIpc) is 2.88. The summed E-state index contributed by atoms with van der Waals surface area (Å²) in [7, 11) is 0. The van der Waals surface area contributed by atoms with E-state index in [-0.39, 0.29) is 17.8 Å². The highest BCUT2D eigenvalue weighted by Crippen LogP contribution is 2.31. The molecular weight excluding hydrogens is 532 g/mol. The van der Waals surface area contributed by atoms with Gasteiger partial charge in [0.2, 0.25) is 18.1 Å². The van der Waals surface area contributed by atoms with E-state index in [4.69, 9.17) is 23.4 Å². The van der Waals surface area contributed by atoms with Crippen molar-refractivity contribution in [3.05, 3.63) is 40.2 Å². The van der Waals surface area contributed by atoms with Gasteiger partial charge in [-0.15, -0.1) is 0 Å². The number of aryl methyl sites for hydroxylation is 1. The number of fused-ring (bicyclic) bond motifs is 1. The van der Waals surface area contributed by atoms with Crippen LogP contribution in [0.5, 0.6) is 5.75 Å². The molecule has 2 aromatic rings. The molecule has 2 fully saturated rings. The molecule has 2 amide bonds. The van der Waals surface area contributed by atoms with Gasteiger partial charge in [0.05, 0.1) is 25.4 Å². The molecule has 0 aliphatic carbocycles. The summed E-state index contributed by atoms with van der Waals surface area (Å²) in [5, 5.41) is 47.4. The number of amides is 2. The van der Waals surface area contributed by atoms with Gasteiger partial charge < -0.3 is 54.4 Å². The summed E-state index contributed by atoms with van der Waals surface area (Å²) in [5.74, 6) is -0.808. The fraction of sp³-hybridized carbons (Fsp3) is 0.577. The minimum atomic E-state index is -1.53. The lowest BCUT2D eigenvalue weighted by Crippen LogP contribution is -2.68. The first kappa shape index (κ1) is 29.9. The zero-order valence-electron chi connectivity index (χ0n) is 22.2. The molecule has 3 heterocycles. The molecule has 2 aliphatic heterocycles. The Kier molecular flexibility index (Phi) is 9.41. The Hall–Kier alpha value is -3.11. The van der Waals surface area contributed by atoms with E-state index in [0.717, 1.165) is 0 Å². The van der Waals surface area contributed by atoms with E-state index in [1.54, 1.807) is 19.1 Å². The van der Waals surface area contributed by atoms with Crippen molar-refractivity contribution in [3.63, 3.8) is 0 Å². The molecule has 2 aliphatic rings. The molecule has 9 atom stereocenters. The summed E-state index contributed by atoms with van der Waals surface area (Å²) in [5.41, 5.74) is 0.416. The van der Waals surface area contributed by atoms with Crippen LogP contribution in [0.4, 0.5) is 0 Å². The fourth-order valence-corrected chi connectivity index (χ4v) is 4.95. The fourth-order valence-electron chi connectivity index (χ4n) is 4.95. The average molecular weight is 567 g/mol. The standard InChI is InChI=1S/C26H34N2O12/c1-11-6-20(34)38-18-8-14(4-5-16(11)18)36-26-22(28-13(3)32)23(35)24(19(10-30)39-26)40-25-21(27-12(2)31)17(33)7-15(9-29)37-25/h4-6,8,15,17,19,21-26,29-30,33,35H,7,9-10H2,1-3H3,(H,27,31)(H,28,32). The summed E-state index contributed by atoms with van der Waals surface area (Å²) in [6.45, 7) is 3.14. The third-order valence-electron chi connectivity index (χ3n) is 6.80. The molecule has 0 spiro atoms. The van der Waals surface area contributed by atoms with Gasteiger partial charge in [-0.1, -0.05) is 0 Å². The molecule has 9 unspecified atom stereocenters. The molecule has 4 rings (SSSR count). The summed E-state index contributed by atoms with van der Waals surface area (Å²) in [4.78, 5) is 35.6. The Morgan fingerprint density at radius 2 is 1.70 bits per heavy atom. The number of aliphatic hydroxyl groups is 4. The van der Waals surface area contributed by atoms with Crippen molar-refractivity contribution < 1.29 is 53.4 Å². The van der Waals surface area contributed by atoms with Gasteiger partial charge in [0.1, 0.15) is 41.7 Å². The molecule has 40 heavy (non-hydrogen) atoms. The summed E-state index contributed by atoms with van der Waals surface area (Å²) >= 11 is 0. The van der Waals surface area contributed by atoms with Crippen molar-refractivity contribution >= 4 is 22.8 Å². The lowest BCUT2D eigenvalue weighted by molar-refractivity contribution is -0.313. The lowest BCUT2D eigenvalue weighted by atomic mass is 9.95. The van der Waals surface area contributed by atoms with E-state index >= 15 is 0 Å². The van der Waals surface area contributed by atoms with E-state index < -0.39 is 85.8 Å². The SMILES string of the molecule is CC(=O)NC1C(O)CC(CO)OC1OC1C(CO)OC(Oc2ccc3c(C)cc(=O)oc3c2)C(NC(C)=O)C1O. The van der Waals surface area contributed by atoms with Gasteiger partial charge in [0.25, 0.3) is 0 Å². The summed E-state index contributed by atoms with van der Waals surface area (Å²) < 4.78 is 28.8. The molecule has 0 saturated carbocycles. The number of hydrogen-bond acceptors (Lipinski definition) is 12. The number of ether oxygens (including phenoxy) is 4. The number of benzene rings is 1. The van der Waals surface area contributed by atoms with Crippen LogP contribution in [-0.4, -0.2) is 101 Å². The second-order valence-corrected chi connectivity index (χ2v) is 9.91. The summed E-state index contributed by atoms with van der Waals surface area (Å²) in [6, 6.07) is 3.82. The Labute approximate surface area is 228 Å². The Bertz CT molecular complexity index is 1270. The van der Waals surface area contributed by atoms with Gasteiger partial charge >= 0.3 is 5.63 Å². The van der Waals surface area contributed by atoms with E-state index in [2.05, 4.69) is 10.6 Å². The van der Waals surface area contributed by atoms with Crippen molar-refractivity contribution in [1.82, 2.24) is 10.6 Å². The molecule has 220 valence electrons. The Balaban J connectivity index is 1.60. The molecule has 1 aromatic carbocycles. The van der Waals surface area contributed by atoms with Crippen LogP contribution < -0.4 is 21.0 Å². The first-order chi connectivity index (χ1) is 19.0. The van der Waals surface area contributed by atoms with E-state index in [9.17, 15) is 34.8 Å². The minimum absolute atomic E-state index is 0.0181. The Morgan fingerprint density at radius 3 is 2.35 bits per heavy atom. The number of rotatable bonds is 8. The van der Waals surface area contributed by atoms with Crippen LogP contribution in [0, 0.1) is 6.92 Å². The zero-order chi connectivity index (χ0) is 29.1. The van der Waals surface area contributed by atoms with Gasteiger partial charge in [-0.25, -0.2) is 4.79 Å². The van der Waals surface area contributed by atoms with Gasteiger partial charge in [-0.05, 0) is 24.6 Å². The van der Waals surface area contributed by atoms with E-state index in [1.165, 1.54) is 26.0 Å². The number of nitrogens with one attached hydrogen (secondary N) is 2. The van der Waals surface area contributed by atoms with Gasteiger partial charge in [-0.3, -0.25) is 9.59 Å². The van der Waals surface area contributed by atoms with Crippen LogP contribution in [0.1, 0.15) is 25.8 Å². The zero-order valence-corrected chi connectivity index (χ0v) is 22.2. The van der Waals surface area contributed by atoms with Crippen LogP contribution in [0.15, 0.2) is 33.5 Å². The maximum Gasteiger partial charge on any atom is 0.336 e. The van der Waals surface area contributed by atoms with Crippen LogP contribution in [0.25, 0.3) is 11.0 Å². The maximum absolute atomic E-state index is 12.0. The monoisotopic (exact) mass is 566 g/mol. The van der Waals surface area contributed by atoms with Crippen molar-refractivity contribution in [1.29, 1.82) is 0 Å². The molecule has 0 bridgehead atoms. The highest BCUT2D eigenvalue weighted by molar-refractivity contribution is 5.81. The second-order valence-electron chi connectivity index (χ2n) is 9.91. The molecule has 0 radical (unpaired) electrons. The first-order valence-electron chi connectivity index (χ1n) is 12.8. The van der Waals surface area contributed by atoms with Crippen molar-refractivity contribution in [2.45, 2.75) is 82.4 Å². The molecule has 6 N–H and O–H groups in total. The molecule has 14 heteroatoms. The maximum atomic E-state index is 12.0. The van der Waals surface area contributed by atoms with Gasteiger partial charge in [0, 0.05) is 37.8 Å². The quantitative estimate of drug-likeness (QED) is 0.200. The van der Waals surface area contributed by atoms with Crippen molar-refractivity contribution in [3.8, 4) is 5.75 Å². The van der Waals surface area contributed by atoms with Crippen molar-refractivity contribution in [2.75, 3.05) is 13.2 Å². The molecule has 1 aromatic heterocycles. The highest BCUT2D eigenvalue weighted by Gasteiger charge is 2.50. The number of hydrogen-bond donors (Lipinski definition) is 6. The van der Waals surface area contributed by atoms with E-state index in [1.807, 2.05) is 0 Å². The second kappa shape index (κ2) is 12.6. The number of carbonyl (C=O) groups excluding carboxylic acids is 2. The predicted octanol–water partition coefficient (Wildman–Crippen LogP) is -1.58.